The number of primary amides is 1. The van der Waals surface area contributed by atoms with Crippen LogP contribution in [0.1, 0.15) is 65.2 Å². The summed E-state index contributed by atoms with van der Waals surface area (Å²) in [7, 11) is 0. The molecular weight excluding hydrogens is 493 g/mol. The topological polar surface area (TPSA) is 89.4 Å². The predicted molar refractivity (Wildman–Crippen MR) is 147 cm³/mol. The number of halogens is 2. The largest absolute Gasteiger partial charge is 0.372 e. The Morgan fingerprint density at radius 3 is 2.17 bits per heavy atom. The number of amides is 2. The number of carbonyl (C=O) groups is 2. The van der Waals surface area contributed by atoms with Crippen molar-refractivity contribution in [2.24, 2.45) is 11.5 Å². The average molecular weight is 527 g/mol. The summed E-state index contributed by atoms with van der Waals surface area (Å²) in [6.45, 7) is 0.640. The Balaban J connectivity index is 0.000000275. The third-order valence-corrected chi connectivity index (χ3v) is 7.16. The number of rotatable bonds is 3. The molecule has 2 amide bonds. The first-order valence-electron chi connectivity index (χ1n) is 12.2. The van der Waals surface area contributed by atoms with Crippen molar-refractivity contribution in [1.29, 1.82) is 0 Å². The highest BCUT2D eigenvalue weighted by molar-refractivity contribution is 6.35. The summed E-state index contributed by atoms with van der Waals surface area (Å²) >= 11 is 12.6. The number of hydrogen-bond donors (Lipinski definition) is 2. The highest BCUT2D eigenvalue weighted by Crippen LogP contribution is 2.40. The lowest BCUT2D eigenvalue weighted by molar-refractivity contribution is -0.106. The Labute approximate surface area is 223 Å². The van der Waals surface area contributed by atoms with Gasteiger partial charge in [-0.1, -0.05) is 97.1 Å². The second-order valence-corrected chi connectivity index (χ2v) is 9.72. The van der Waals surface area contributed by atoms with Gasteiger partial charge in [-0.3, -0.25) is 9.59 Å². The number of nitrogens with two attached hydrogens (primary N) is 2. The van der Waals surface area contributed by atoms with E-state index in [0.29, 0.717) is 22.6 Å². The van der Waals surface area contributed by atoms with Crippen LogP contribution in [-0.2, 0) is 17.8 Å². The van der Waals surface area contributed by atoms with Crippen molar-refractivity contribution in [2.75, 3.05) is 0 Å². The summed E-state index contributed by atoms with van der Waals surface area (Å²) in [6.07, 6.45) is 6.86. The molecule has 7 heteroatoms. The van der Waals surface area contributed by atoms with Crippen LogP contribution in [0.25, 0.3) is 0 Å². The summed E-state index contributed by atoms with van der Waals surface area (Å²) in [5.74, 6) is 0.143. The van der Waals surface area contributed by atoms with Crippen LogP contribution < -0.4 is 11.5 Å². The van der Waals surface area contributed by atoms with Crippen molar-refractivity contribution in [3.05, 3.63) is 105 Å². The number of hydrogen-bond acceptors (Lipinski definition) is 3. The van der Waals surface area contributed by atoms with Crippen molar-refractivity contribution in [3.8, 4) is 0 Å². The van der Waals surface area contributed by atoms with Crippen LogP contribution in [-0.4, -0.2) is 23.3 Å². The number of carbonyl (C=O) groups excluding carboxylic acids is 2. The molecule has 1 unspecified atom stereocenters. The third-order valence-electron chi connectivity index (χ3n) is 6.60. The van der Waals surface area contributed by atoms with Gasteiger partial charge in [0.15, 0.2) is 0 Å². The molecule has 1 atom stereocenters. The van der Waals surface area contributed by atoms with E-state index in [4.69, 9.17) is 33.7 Å². The van der Waals surface area contributed by atoms with Crippen molar-refractivity contribution in [2.45, 2.75) is 57.2 Å². The third kappa shape index (κ3) is 7.10. The molecule has 2 aliphatic rings. The molecule has 0 spiro atoms. The van der Waals surface area contributed by atoms with Crippen LogP contribution in [0.4, 0.5) is 0 Å². The second kappa shape index (κ2) is 14.0. The van der Waals surface area contributed by atoms with Crippen LogP contribution in [0.5, 0.6) is 0 Å². The molecule has 1 fully saturated rings. The van der Waals surface area contributed by atoms with E-state index in [9.17, 15) is 4.79 Å². The van der Waals surface area contributed by atoms with Gasteiger partial charge < -0.3 is 16.4 Å². The van der Waals surface area contributed by atoms with Gasteiger partial charge in [0.05, 0.1) is 6.04 Å². The maximum Gasteiger partial charge on any atom is 0.254 e. The van der Waals surface area contributed by atoms with Crippen molar-refractivity contribution in [3.63, 3.8) is 0 Å². The van der Waals surface area contributed by atoms with Gasteiger partial charge in [-0.15, -0.1) is 0 Å². The van der Waals surface area contributed by atoms with Gasteiger partial charge in [-0.2, -0.15) is 0 Å². The smallest absolute Gasteiger partial charge is 0.254 e. The van der Waals surface area contributed by atoms with Crippen LogP contribution in [0.3, 0.4) is 0 Å². The zero-order valence-corrected chi connectivity index (χ0v) is 21.8. The molecule has 5 nitrogen and oxygen atoms in total. The van der Waals surface area contributed by atoms with Crippen LogP contribution >= 0.6 is 23.2 Å². The van der Waals surface area contributed by atoms with Crippen molar-refractivity contribution in [1.82, 2.24) is 4.90 Å². The molecule has 1 heterocycles. The van der Waals surface area contributed by atoms with E-state index in [-0.39, 0.29) is 18.4 Å². The zero-order chi connectivity index (χ0) is 25.9. The summed E-state index contributed by atoms with van der Waals surface area (Å²) < 4.78 is 0. The second-order valence-electron chi connectivity index (χ2n) is 8.87. The molecule has 1 aliphatic carbocycles. The lowest BCUT2D eigenvalue weighted by Gasteiger charge is -2.43. The van der Waals surface area contributed by atoms with Crippen LogP contribution in [0.2, 0.25) is 10.0 Å². The van der Waals surface area contributed by atoms with E-state index in [0.717, 1.165) is 36.0 Å². The molecule has 1 saturated carbocycles. The summed E-state index contributed by atoms with van der Waals surface area (Å²) in [6, 6.07) is 23.9. The van der Waals surface area contributed by atoms with E-state index in [1.165, 1.54) is 24.8 Å². The van der Waals surface area contributed by atoms with E-state index >= 15 is 0 Å². The Bertz CT molecular complexity index is 1130. The predicted octanol–water partition coefficient (Wildman–Crippen LogP) is 6.31. The lowest BCUT2D eigenvalue weighted by Crippen LogP contribution is -2.47. The van der Waals surface area contributed by atoms with Gasteiger partial charge in [0.25, 0.3) is 5.91 Å². The summed E-state index contributed by atoms with van der Waals surface area (Å²) in [5, 5.41) is 1.27. The van der Waals surface area contributed by atoms with Crippen LogP contribution in [0.15, 0.2) is 72.8 Å². The molecule has 190 valence electrons. The number of fused-ring (bicyclic) bond motifs is 1. The SMILES string of the molecule is NC=O.NCc1ccccc1.O=C1c2ccccc2CC(c2ccc(Cl)cc2Cl)N1C1CCCCC1. The molecule has 3 aromatic carbocycles. The fourth-order valence-corrected chi connectivity index (χ4v) is 5.45. The van der Waals surface area contributed by atoms with Crippen molar-refractivity contribution < 1.29 is 9.59 Å². The van der Waals surface area contributed by atoms with Gasteiger partial charge in [0.1, 0.15) is 0 Å². The molecule has 0 aromatic heterocycles. The normalized spacial score (nSPS) is 17.1. The molecule has 36 heavy (non-hydrogen) atoms. The molecular formula is C29H33Cl2N3O2. The Kier molecular flexibility index (Phi) is 10.8. The standard InChI is InChI=1S/C21H21Cl2NO.C7H9N.CH3NO/c22-15-10-11-18(19(23)13-15)20-12-14-6-4-5-9-17(14)21(25)24(20)16-7-2-1-3-8-16;8-6-7-4-2-1-3-5-7;2-1-3/h4-6,9-11,13,16,20H,1-3,7-8,12H2;1-5H,6,8H2;1H,(H2,2,3). The minimum Gasteiger partial charge on any atom is -0.372 e. The average Bonchev–Trinajstić information content (AvgIpc) is 2.90. The Morgan fingerprint density at radius 1 is 0.917 bits per heavy atom. The van der Waals surface area contributed by atoms with Gasteiger partial charge >= 0.3 is 0 Å². The highest BCUT2D eigenvalue weighted by Gasteiger charge is 2.38. The maximum atomic E-state index is 13.3. The minimum absolute atomic E-state index is 0.0183. The number of nitrogens with zero attached hydrogens (tertiary/aromatic N) is 1. The molecule has 0 saturated heterocycles. The molecule has 0 bridgehead atoms. The lowest BCUT2D eigenvalue weighted by atomic mass is 9.85. The first kappa shape index (κ1) is 27.7. The van der Waals surface area contributed by atoms with E-state index in [2.05, 4.69) is 16.7 Å². The molecule has 5 rings (SSSR count). The minimum atomic E-state index is -0.0183. The maximum absolute atomic E-state index is 13.3. The van der Waals surface area contributed by atoms with E-state index in [1.807, 2.05) is 60.7 Å². The molecule has 4 N–H and O–H groups in total. The number of benzene rings is 3. The Morgan fingerprint density at radius 2 is 1.56 bits per heavy atom. The molecule has 0 radical (unpaired) electrons. The van der Waals surface area contributed by atoms with Gasteiger partial charge in [0, 0.05) is 28.2 Å². The first-order valence-corrected chi connectivity index (χ1v) is 13.0. The summed E-state index contributed by atoms with van der Waals surface area (Å²) in [5.41, 5.74) is 13.7. The summed E-state index contributed by atoms with van der Waals surface area (Å²) in [4.78, 5) is 24.0. The Hall–Kier alpha value is -2.86. The van der Waals surface area contributed by atoms with Crippen LogP contribution in [0, 0.1) is 0 Å². The van der Waals surface area contributed by atoms with Gasteiger partial charge in [-0.25, -0.2) is 0 Å². The van der Waals surface area contributed by atoms with E-state index < -0.39 is 0 Å². The van der Waals surface area contributed by atoms with E-state index in [1.54, 1.807) is 6.07 Å². The highest BCUT2D eigenvalue weighted by atomic mass is 35.5. The monoisotopic (exact) mass is 525 g/mol. The zero-order valence-electron chi connectivity index (χ0n) is 20.3. The molecule has 1 aliphatic heterocycles. The fourth-order valence-electron chi connectivity index (χ4n) is 4.92. The first-order chi connectivity index (χ1) is 17.5. The van der Waals surface area contributed by atoms with Gasteiger partial charge in [0.2, 0.25) is 6.41 Å². The molecule has 3 aromatic rings. The van der Waals surface area contributed by atoms with Crippen molar-refractivity contribution >= 4 is 35.5 Å². The fraction of sp³-hybridized carbons (Fsp3) is 0.310. The quantitative estimate of drug-likeness (QED) is 0.392. The van der Waals surface area contributed by atoms with Gasteiger partial charge in [-0.05, 0) is 54.2 Å².